The number of aryl methyl sites for hydroxylation is 2. The Hall–Kier alpha value is -1.55. The van der Waals surface area contributed by atoms with E-state index in [2.05, 4.69) is 19.2 Å². The van der Waals surface area contributed by atoms with Crippen molar-refractivity contribution in [2.45, 2.75) is 34.1 Å². The number of nitrogens with one attached hydrogen (secondary N) is 1. The molecule has 1 aromatic rings. The van der Waals surface area contributed by atoms with Gasteiger partial charge >= 0.3 is 0 Å². The highest BCUT2D eigenvalue weighted by molar-refractivity contribution is 5.77. The Kier molecular flexibility index (Phi) is 7.83. The molecule has 118 valence electrons. The summed E-state index contributed by atoms with van der Waals surface area (Å²) in [5.74, 6) is 1.25. The summed E-state index contributed by atoms with van der Waals surface area (Å²) in [6.07, 6.45) is 0.821. The molecule has 0 fully saturated rings. The van der Waals surface area contributed by atoms with E-state index in [0.29, 0.717) is 19.1 Å². The van der Waals surface area contributed by atoms with Crippen LogP contribution in [0.1, 0.15) is 31.4 Å². The van der Waals surface area contributed by atoms with E-state index in [4.69, 9.17) is 9.47 Å². The van der Waals surface area contributed by atoms with Crippen LogP contribution in [0.15, 0.2) is 18.2 Å². The van der Waals surface area contributed by atoms with E-state index in [0.717, 1.165) is 29.9 Å². The molecule has 4 heteroatoms. The van der Waals surface area contributed by atoms with Gasteiger partial charge in [0.15, 0.2) is 6.61 Å². The van der Waals surface area contributed by atoms with Crippen LogP contribution in [0, 0.1) is 19.8 Å². The predicted octanol–water partition coefficient (Wildman–Crippen LogP) is 2.86. The van der Waals surface area contributed by atoms with Crippen molar-refractivity contribution in [1.82, 2.24) is 5.32 Å². The average Bonchev–Trinajstić information content (AvgIpc) is 2.41. The van der Waals surface area contributed by atoms with E-state index in [1.165, 1.54) is 0 Å². The summed E-state index contributed by atoms with van der Waals surface area (Å²) < 4.78 is 11.1. The van der Waals surface area contributed by atoms with E-state index in [9.17, 15) is 4.79 Å². The lowest BCUT2D eigenvalue weighted by Crippen LogP contribution is -2.30. The summed E-state index contributed by atoms with van der Waals surface area (Å²) in [5, 5.41) is 2.84. The molecule has 0 saturated carbocycles. The number of hydrogen-bond acceptors (Lipinski definition) is 3. The van der Waals surface area contributed by atoms with E-state index in [1.54, 1.807) is 0 Å². The van der Waals surface area contributed by atoms with Gasteiger partial charge in [0.05, 0.1) is 0 Å². The average molecular weight is 293 g/mol. The molecule has 1 N–H and O–H groups in total. The maximum absolute atomic E-state index is 11.7. The molecule has 1 aromatic carbocycles. The summed E-state index contributed by atoms with van der Waals surface area (Å²) in [4.78, 5) is 11.7. The second-order valence-electron chi connectivity index (χ2n) is 5.68. The highest BCUT2D eigenvalue weighted by atomic mass is 16.5. The first-order chi connectivity index (χ1) is 10.0. The topological polar surface area (TPSA) is 47.6 Å². The smallest absolute Gasteiger partial charge is 0.257 e. The van der Waals surface area contributed by atoms with Gasteiger partial charge in [-0.25, -0.2) is 0 Å². The lowest BCUT2D eigenvalue weighted by Gasteiger charge is -2.12. The Morgan fingerprint density at radius 3 is 2.52 bits per heavy atom. The zero-order valence-electron chi connectivity index (χ0n) is 13.6. The van der Waals surface area contributed by atoms with Gasteiger partial charge in [-0.2, -0.15) is 0 Å². The maximum Gasteiger partial charge on any atom is 0.257 e. The lowest BCUT2D eigenvalue weighted by molar-refractivity contribution is -0.123. The molecular formula is C17H27NO3. The van der Waals surface area contributed by atoms with Crippen LogP contribution in [0.2, 0.25) is 0 Å². The molecule has 0 unspecified atom stereocenters. The summed E-state index contributed by atoms with van der Waals surface area (Å²) in [6, 6.07) is 5.94. The third-order valence-electron chi connectivity index (χ3n) is 3.00. The van der Waals surface area contributed by atoms with Crippen molar-refractivity contribution in [2.75, 3.05) is 26.4 Å². The number of amides is 1. The molecule has 0 heterocycles. The molecular weight excluding hydrogens is 266 g/mol. The zero-order valence-corrected chi connectivity index (χ0v) is 13.6. The van der Waals surface area contributed by atoms with Crippen molar-refractivity contribution < 1.29 is 14.3 Å². The van der Waals surface area contributed by atoms with Crippen molar-refractivity contribution >= 4 is 5.91 Å². The number of carbonyl (C=O) groups excluding carboxylic acids is 1. The van der Waals surface area contributed by atoms with Crippen molar-refractivity contribution in [2.24, 2.45) is 5.92 Å². The molecule has 0 atom stereocenters. The number of para-hydroxylation sites is 1. The standard InChI is InChI=1S/C17H27NO3/c1-13(2)11-20-10-6-9-18-16(19)12-21-17-14(3)7-5-8-15(17)4/h5,7-8,13H,6,9-12H2,1-4H3,(H,18,19). The fourth-order valence-corrected chi connectivity index (χ4v) is 1.94. The van der Waals surface area contributed by atoms with Gasteiger partial charge in [-0.05, 0) is 37.3 Å². The van der Waals surface area contributed by atoms with E-state index in [1.807, 2.05) is 32.0 Å². The Morgan fingerprint density at radius 2 is 1.90 bits per heavy atom. The first-order valence-electron chi connectivity index (χ1n) is 7.54. The number of ether oxygens (including phenoxy) is 2. The molecule has 0 aliphatic carbocycles. The van der Waals surface area contributed by atoms with Gasteiger partial charge in [0.1, 0.15) is 5.75 Å². The zero-order chi connectivity index (χ0) is 15.7. The Morgan fingerprint density at radius 1 is 1.24 bits per heavy atom. The summed E-state index contributed by atoms with van der Waals surface area (Å²) in [5.41, 5.74) is 2.09. The van der Waals surface area contributed by atoms with Crippen LogP contribution in [-0.2, 0) is 9.53 Å². The fraction of sp³-hybridized carbons (Fsp3) is 0.588. The van der Waals surface area contributed by atoms with Crippen LogP contribution in [0.5, 0.6) is 5.75 Å². The molecule has 0 aliphatic heterocycles. The Bertz CT molecular complexity index is 423. The van der Waals surface area contributed by atoms with Crippen LogP contribution in [0.3, 0.4) is 0 Å². The van der Waals surface area contributed by atoms with Crippen LogP contribution < -0.4 is 10.1 Å². The molecule has 0 bridgehead atoms. The Labute approximate surface area is 127 Å². The largest absolute Gasteiger partial charge is 0.483 e. The summed E-state index contributed by atoms with van der Waals surface area (Å²) in [7, 11) is 0. The van der Waals surface area contributed by atoms with E-state index >= 15 is 0 Å². The molecule has 1 amide bonds. The van der Waals surface area contributed by atoms with Gasteiger partial charge in [-0.3, -0.25) is 4.79 Å². The molecule has 1 rings (SSSR count). The molecule has 0 aliphatic rings. The monoisotopic (exact) mass is 293 g/mol. The van der Waals surface area contributed by atoms with Crippen LogP contribution in [-0.4, -0.2) is 32.3 Å². The number of carbonyl (C=O) groups is 1. The maximum atomic E-state index is 11.7. The van der Waals surface area contributed by atoms with Gasteiger partial charge in [0.25, 0.3) is 5.91 Å². The quantitative estimate of drug-likeness (QED) is 0.712. The molecule has 0 spiro atoms. The van der Waals surface area contributed by atoms with Crippen LogP contribution >= 0.6 is 0 Å². The van der Waals surface area contributed by atoms with Crippen molar-refractivity contribution in [3.8, 4) is 5.75 Å². The number of benzene rings is 1. The molecule has 21 heavy (non-hydrogen) atoms. The second kappa shape index (κ2) is 9.40. The van der Waals surface area contributed by atoms with Gasteiger partial charge in [0, 0.05) is 19.8 Å². The normalized spacial score (nSPS) is 10.7. The first kappa shape index (κ1) is 17.5. The number of hydrogen-bond donors (Lipinski definition) is 1. The predicted molar refractivity (Wildman–Crippen MR) is 84.7 cm³/mol. The minimum atomic E-state index is -0.0958. The highest BCUT2D eigenvalue weighted by Crippen LogP contribution is 2.21. The molecule has 0 radical (unpaired) electrons. The van der Waals surface area contributed by atoms with Gasteiger partial charge in [-0.15, -0.1) is 0 Å². The number of rotatable bonds is 9. The molecule has 0 aromatic heterocycles. The van der Waals surface area contributed by atoms with Crippen LogP contribution in [0.25, 0.3) is 0 Å². The van der Waals surface area contributed by atoms with Gasteiger partial charge < -0.3 is 14.8 Å². The fourth-order valence-electron chi connectivity index (χ4n) is 1.94. The van der Waals surface area contributed by atoms with Crippen LogP contribution in [0.4, 0.5) is 0 Å². The van der Waals surface area contributed by atoms with Crippen molar-refractivity contribution in [3.63, 3.8) is 0 Å². The van der Waals surface area contributed by atoms with Crippen molar-refractivity contribution in [1.29, 1.82) is 0 Å². The summed E-state index contributed by atoms with van der Waals surface area (Å²) in [6.45, 7) is 10.3. The van der Waals surface area contributed by atoms with E-state index in [-0.39, 0.29) is 12.5 Å². The SMILES string of the molecule is Cc1cccc(C)c1OCC(=O)NCCCOCC(C)C. The lowest BCUT2D eigenvalue weighted by atomic mass is 10.1. The van der Waals surface area contributed by atoms with E-state index < -0.39 is 0 Å². The third-order valence-corrected chi connectivity index (χ3v) is 3.00. The minimum Gasteiger partial charge on any atom is -0.483 e. The second-order valence-corrected chi connectivity index (χ2v) is 5.68. The molecule has 4 nitrogen and oxygen atoms in total. The first-order valence-corrected chi connectivity index (χ1v) is 7.54. The highest BCUT2D eigenvalue weighted by Gasteiger charge is 2.06. The summed E-state index contributed by atoms with van der Waals surface area (Å²) >= 11 is 0. The molecule has 0 saturated heterocycles. The van der Waals surface area contributed by atoms with Gasteiger partial charge in [-0.1, -0.05) is 32.0 Å². The Balaban J connectivity index is 2.17. The van der Waals surface area contributed by atoms with Crippen molar-refractivity contribution in [3.05, 3.63) is 29.3 Å². The third kappa shape index (κ3) is 7.14. The minimum absolute atomic E-state index is 0.0541. The van der Waals surface area contributed by atoms with Gasteiger partial charge in [0.2, 0.25) is 0 Å².